The maximum atomic E-state index is 13.8. The summed E-state index contributed by atoms with van der Waals surface area (Å²) in [5.74, 6) is -1.12. The van der Waals surface area contributed by atoms with Crippen molar-refractivity contribution in [3.8, 4) is 11.5 Å². The Morgan fingerprint density at radius 1 is 1.11 bits per heavy atom. The summed E-state index contributed by atoms with van der Waals surface area (Å²) in [7, 11) is -1.21. The van der Waals surface area contributed by atoms with Crippen LogP contribution < -0.4 is 20.1 Å². The molecule has 0 amide bonds. The molecule has 13 heteroatoms. The monoisotopic (exact) mass is 524 g/mol. The van der Waals surface area contributed by atoms with Gasteiger partial charge >= 0.3 is 6.36 Å². The number of fused-ring (bicyclic) bond motifs is 1. The Bertz CT molecular complexity index is 1520. The van der Waals surface area contributed by atoms with Crippen LogP contribution >= 0.6 is 0 Å². The van der Waals surface area contributed by atoms with E-state index in [1.54, 1.807) is 7.05 Å². The van der Waals surface area contributed by atoms with Gasteiger partial charge in [-0.05, 0) is 43.4 Å². The van der Waals surface area contributed by atoms with Gasteiger partial charge in [-0.2, -0.15) is 0 Å². The Labute approximate surface area is 203 Å². The predicted molar refractivity (Wildman–Crippen MR) is 124 cm³/mol. The molecule has 0 bridgehead atoms. The van der Waals surface area contributed by atoms with Gasteiger partial charge in [-0.3, -0.25) is 4.98 Å². The average molecular weight is 524 g/mol. The molecule has 0 aliphatic rings. The third-order valence-electron chi connectivity index (χ3n) is 5.09. The number of rotatable bonds is 8. The molecule has 8 nitrogen and oxygen atoms in total. The van der Waals surface area contributed by atoms with Gasteiger partial charge in [0.05, 0.1) is 40.6 Å². The van der Waals surface area contributed by atoms with E-state index in [9.17, 15) is 26.0 Å². The number of ether oxygens (including phenoxy) is 2. The average Bonchev–Trinajstić information content (AvgIpc) is 3.18. The summed E-state index contributed by atoms with van der Waals surface area (Å²) in [5.41, 5.74) is 1.82. The maximum Gasteiger partial charge on any atom is 0.573 e. The molecule has 2 aromatic heterocycles. The van der Waals surface area contributed by atoms with Crippen molar-refractivity contribution in [2.24, 2.45) is 0 Å². The Hall–Kier alpha value is -3.84. The van der Waals surface area contributed by atoms with Gasteiger partial charge in [0.1, 0.15) is 17.3 Å². The summed E-state index contributed by atoms with van der Waals surface area (Å²) in [5, 5.41) is 5.91. The molecule has 2 aromatic carbocycles. The first kappa shape index (κ1) is 25.3. The van der Waals surface area contributed by atoms with Crippen molar-refractivity contribution in [1.82, 2.24) is 14.3 Å². The second kappa shape index (κ2) is 9.66. The molecule has 2 heterocycles. The van der Waals surface area contributed by atoms with Crippen LogP contribution in [0, 0.1) is 5.82 Å². The van der Waals surface area contributed by atoms with Gasteiger partial charge < -0.3 is 20.1 Å². The predicted octanol–water partition coefficient (Wildman–Crippen LogP) is 4.78. The highest BCUT2D eigenvalue weighted by Crippen LogP contribution is 2.35. The molecule has 0 unspecified atom stereocenters. The van der Waals surface area contributed by atoms with Crippen molar-refractivity contribution >= 4 is 32.4 Å². The van der Waals surface area contributed by atoms with E-state index in [0.29, 0.717) is 23.3 Å². The van der Waals surface area contributed by atoms with Crippen molar-refractivity contribution in [2.45, 2.75) is 17.8 Å². The number of halogens is 4. The van der Waals surface area contributed by atoms with Gasteiger partial charge in [0, 0.05) is 24.4 Å². The lowest BCUT2D eigenvalue weighted by Crippen LogP contribution is -2.17. The van der Waals surface area contributed by atoms with Gasteiger partial charge in [-0.25, -0.2) is 16.8 Å². The number of nitrogens with one attached hydrogen (secondary N) is 2. The summed E-state index contributed by atoms with van der Waals surface area (Å²) in [6.07, 6.45) is -2.01. The third kappa shape index (κ3) is 5.21. The van der Waals surface area contributed by atoms with Gasteiger partial charge in [0.2, 0.25) is 0 Å². The SMILES string of the molecule is CNCc1cn(S(=O)(=O)c2cccc(F)c2)c2cc(Nc3ccc(OC(F)(F)F)cc3OC)cnc12. The molecule has 0 saturated heterocycles. The molecule has 0 aliphatic carbocycles. The van der Waals surface area contributed by atoms with E-state index >= 15 is 0 Å². The number of aromatic nitrogens is 2. The van der Waals surface area contributed by atoms with E-state index in [0.717, 1.165) is 28.2 Å². The fraction of sp³-hybridized carbons (Fsp3) is 0.174. The molecule has 0 saturated carbocycles. The summed E-state index contributed by atoms with van der Waals surface area (Å²) in [4.78, 5) is 4.15. The zero-order chi connectivity index (χ0) is 26.1. The Balaban J connectivity index is 1.77. The van der Waals surface area contributed by atoms with Crippen molar-refractivity contribution in [2.75, 3.05) is 19.5 Å². The lowest BCUT2D eigenvalue weighted by atomic mass is 10.2. The van der Waals surface area contributed by atoms with Crippen LogP contribution in [0.25, 0.3) is 11.0 Å². The molecular formula is C23H20F4N4O4S. The molecule has 0 fully saturated rings. The first-order chi connectivity index (χ1) is 17.0. The highest BCUT2D eigenvalue weighted by atomic mass is 32.2. The van der Waals surface area contributed by atoms with Crippen LogP contribution in [0.1, 0.15) is 5.56 Å². The smallest absolute Gasteiger partial charge is 0.494 e. The van der Waals surface area contributed by atoms with E-state index < -0.39 is 28.0 Å². The van der Waals surface area contributed by atoms with Crippen LogP contribution in [0.2, 0.25) is 0 Å². The maximum absolute atomic E-state index is 13.8. The number of benzene rings is 2. The summed E-state index contributed by atoms with van der Waals surface area (Å²) in [6, 6.07) is 9.64. The summed E-state index contributed by atoms with van der Waals surface area (Å²) in [6.45, 7) is 0.316. The van der Waals surface area contributed by atoms with Gasteiger partial charge in [-0.1, -0.05) is 6.07 Å². The molecule has 0 aliphatic heterocycles. The number of anilines is 2. The van der Waals surface area contributed by atoms with E-state index in [4.69, 9.17) is 4.74 Å². The van der Waals surface area contributed by atoms with Gasteiger partial charge in [-0.15, -0.1) is 13.2 Å². The lowest BCUT2D eigenvalue weighted by molar-refractivity contribution is -0.274. The molecule has 190 valence electrons. The highest BCUT2D eigenvalue weighted by Gasteiger charge is 2.31. The van der Waals surface area contributed by atoms with Crippen molar-refractivity contribution in [1.29, 1.82) is 0 Å². The molecular weight excluding hydrogens is 504 g/mol. The van der Waals surface area contributed by atoms with E-state index in [-0.39, 0.29) is 21.8 Å². The van der Waals surface area contributed by atoms with Gasteiger partial charge in [0.25, 0.3) is 10.0 Å². The standard InChI is InChI=1S/C23H20F4N4O4S/c1-28-11-14-13-31(36(32,33)18-5-3-4-15(24)8-18)20-9-16(12-29-22(14)20)30-19-7-6-17(10-21(19)34-2)35-23(25,26)27/h3-10,12-13,28,30H,11H2,1-2H3. The second-order valence-electron chi connectivity index (χ2n) is 7.57. The zero-order valence-electron chi connectivity index (χ0n) is 18.9. The van der Waals surface area contributed by atoms with Crippen LogP contribution in [0.3, 0.4) is 0 Å². The Kier molecular flexibility index (Phi) is 6.78. The number of hydrogen-bond acceptors (Lipinski definition) is 7. The number of alkyl halides is 3. The minimum atomic E-state index is -4.86. The molecule has 0 radical (unpaired) electrons. The fourth-order valence-corrected chi connectivity index (χ4v) is 5.00. The Morgan fingerprint density at radius 2 is 1.89 bits per heavy atom. The zero-order valence-corrected chi connectivity index (χ0v) is 19.7. The van der Waals surface area contributed by atoms with Crippen molar-refractivity contribution < 1.29 is 35.5 Å². The van der Waals surface area contributed by atoms with E-state index in [1.807, 2.05) is 0 Å². The molecule has 36 heavy (non-hydrogen) atoms. The number of nitrogens with zero attached hydrogens (tertiary/aromatic N) is 2. The minimum Gasteiger partial charge on any atom is -0.494 e. The highest BCUT2D eigenvalue weighted by molar-refractivity contribution is 7.90. The normalized spacial score (nSPS) is 12.1. The largest absolute Gasteiger partial charge is 0.573 e. The van der Waals surface area contributed by atoms with Crippen LogP contribution in [0.5, 0.6) is 11.5 Å². The number of hydrogen-bond donors (Lipinski definition) is 2. The number of pyridine rings is 1. The lowest BCUT2D eigenvalue weighted by Gasteiger charge is -2.14. The quantitative estimate of drug-likeness (QED) is 0.320. The van der Waals surface area contributed by atoms with Crippen LogP contribution in [-0.2, 0) is 16.6 Å². The second-order valence-corrected chi connectivity index (χ2v) is 9.38. The minimum absolute atomic E-state index is 0.0514. The van der Waals surface area contributed by atoms with Crippen LogP contribution in [-0.4, -0.2) is 37.9 Å². The molecule has 0 atom stereocenters. The molecule has 4 rings (SSSR count). The topological polar surface area (TPSA) is 94.5 Å². The van der Waals surface area contributed by atoms with Crippen LogP contribution in [0.4, 0.5) is 28.9 Å². The van der Waals surface area contributed by atoms with Crippen molar-refractivity contribution in [3.05, 3.63) is 72.3 Å². The molecule has 2 N–H and O–H groups in total. The summed E-state index contributed by atoms with van der Waals surface area (Å²) >= 11 is 0. The molecule has 4 aromatic rings. The number of methoxy groups -OCH3 is 1. The van der Waals surface area contributed by atoms with Crippen molar-refractivity contribution in [3.63, 3.8) is 0 Å². The van der Waals surface area contributed by atoms with Gasteiger partial charge in [0.15, 0.2) is 0 Å². The van der Waals surface area contributed by atoms with E-state index in [1.165, 1.54) is 43.8 Å². The first-order valence-corrected chi connectivity index (χ1v) is 11.8. The molecule has 0 spiro atoms. The summed E-state index contributed by atoms with van der Waals surface area (Å²) < 4.78 is 88.2. The van der Waals surface area contributed by atoms with E-state index in [2.05, 4.69) is 20.4 Å². The Morgan fingerprint density at radius 3 is 2.56 bits per heavy atom. The third-order valence-corrected chi connectivity index (χ3v) is 6.76. The van der Waals surface area contributed by atoms with Crippen LogP contribution in [0.15, 0.2) is 65.8 Å². The fourth-order valence-electron chi connectivity index (χ4n) is 3.60. The first-order valence-electron chi connectivity index (χ1n) is 10.4.